The summed E-state index contributed by atoms with van der Waals surface area (Å²) in [7, 11) is 0. The maximum absolute atomic E-state index is 11.1. The zero-order chi connectivity index (χ0) is 14.4. The number of hydrogen-bond acceptors (Lipinski definition) is 4. The van der Waals surface area contributed by atoms with Crippen LogP contribution in [-0.2, 0) is 11.3 Å². The molecule has 0 radical (unpaired) electrons. The number of nitrogens with one attached hydrogen (secondary N) is 2. The Morgan fingerprint density at radius 1 is 1.55 bits per heavy atom. The summed E-state index contributed by atoms with van der Waals surface area (Å²) in [4.78, 5) is 17.8. The lowest BCUT2D eigenvalue weighted by molar-refractivity contribution is -0.119. The largest absolute Gasteiger partial charge is 0.385 e. The number of hydrogen-bond donors (Lipinski definition) is 2. The van der Waals surface area contributed by atoms with Crippen LogP contribution in [-0.4, -0.2) is 41.5 Å². The van der Waals surface area contributed by atoms with Crippen LogP contribution in [0.25, 0.3) is 0 Å². The van der Waals surface area contributed by atoms with Gasteiger partial charge in [0.05, 0.1) is 5.69 Å². The number of aromatic nitrogens is 1. The number of rotatable bonds is 6. The number of nitrogens with zero attached hydrogens (tertiary/aromatic N) is 2. The van der Waals surface area contributed by atoms with Crippen molar-refractivity contribution in [3.05, 3.63) is 24.0 Å². The van der Waals surface area contributed by atoms with Gasteiger partial charge in [0.2, 0.25) is 5.91 Å². The van der Waals surface area contributed by atoms with Crippen molar-refractivity contribution in [2.45, 2.75) is 39.3 Å². The summed E-state index contributed by atoms with van der Waals surface area (Å²) in [6.07, 6.45) is 3.99. The van der Waals surface area contributed by atoms with Gasteiger partial charge in [0.25, 0.3) is 0 Å². The van der Waals surface area contributed by atoms with E-state index in [-0.39, 0.29) is 11.9 Å². The summed E-state index contributed by atoms with van der Waals surface area (Å²) in [6.45, 7) is 7.48. The molecule has 1 fully saturated rings. The summed E-state index contributed by atoms with van der Waals surface area (Å²) in [6, 6.07) is 4.40. The van der Waals surface area contributed by atoms with Crippen molar-refractivity contribution in [3.8, 4) is 0 Å². The van der Waals surface area contributed by atoms with E-state index in [9.17, 15) is 4.79 Å². The minimum Gasteiger partial charge on any atom is -0.385 e. The first-order valence-electron chi connectivity index (χ1n) is 7.35. The van der Waals surface area contributed by atoms with E-state index >= 15 is 0 Å². The average Bonchev–Trinajstić information content (AvgIpc) is 2.83. The van der Waals surface area contributed by atoms with Gasteiger partial charge < -0.3 is 10.6 Å². The standard InChI is InChI=1S/C15H24N4O/c1-3-6-16-13-4-7-17-15(9-13)11-19-8-5-14(10-19)18-12(2)20/h4,7,9,14H,3,5-6,8,10-11H2,1-2H3,(H,16,17)(H,18,20). The van der Waals surface area contributed by atoms with Crippen LogP contribution in [0, 0.1) is 0 Å². The number of amides is 1. The lowest BCUT2D eigenvalue weighted by atomic mass is 10.2. The molecule has 1 unspecified atom stereocenters. The van der Waals surface area contributed by atoms with Gasteiger partial charge in [-0.1, -0.05) is 6.92 Å². The van der Waals surface area contributed by atoms with Gasteiger partial charge >= 0.3 is 0 Å². The van der Waals surface area contributed by atoms with Crippen molar-refractivity contribution in [1.82, 2.24) is 15.2 Å². The third kappa shape index (κ3) is 4.49. The van der Waals surface area contributed by atoms with E-state index in [1.165, 1.54) is 0 Å². The van der Waals surface area contributed by atoms with Crippen LogP contribution >= 0.6 is 0 Å². The normalized spacial score (nSPS) is 19.0. The van der Waals surface area contributed by atoms with E-state index in [0.717, 1.165) is 50.4 Å². The monoisotopic (exact) mass is 276 g/mol. The molecule has 1 atom stereocenters. The number of likely N-dealkylation sites (tertiary alicyclic amines) is 1. The highest BCUT2D eigenvalue weighted by Crippen LogP contribution is 2.15. The fourth-order valence-corrected chi connectivity index (χ4v) is 2.55. The van der Waals surface area contributed by atoms with Crippen molar-refractivity contribution in [3.63, 3.8) is 0 Å². The van der Waals surface area contributed by atoms with Crippen LogP contribution in [0.5, 0.6) is 0 Å². The zero-order valence-electron chi connectivity index (χ0n) is 12.4. The molecule has 0 aliphatic carbocycles. The van der Waals surface area contributed by atoms with E-state index in [4.69, 9.17) is 0 Å². The predicted octanol–water partition coefficient (Wildman–Crippen LogP) is 1.61. The van der Waals surface area contributed by atoms with E-state index in [0.29, 0.717) is 0 Å². The van der Waals surface area contributed by atoms with Gasteiger partial charge in [0.15, 0.2) is 0 Å². The van der Waals surface area contributed by atoms with E-state index in [1.54, 1.807) is 6.92 Å². The summed E-state index contributed by atoms with van der Waals surface area (Å²) in [5.74, 6) is 0.0562. The summed E-state index contributed by atoms with van der Waals surface area (Å²) >= 11 is 0. The number of pyridine rings is 1. The first-order chi connectivity index (χ1) is 9.67. The van der Waals surface area contributed by atoms with E-state index < -0.39 is 0 Å². The van der Waals surface area contributed by atoms with Gasteiger partial charge in [-0.2, -0.15) is 0 Å². The Hall–Kier alpha value is -1.62. The molecule has 20 heavy (non-hydrogen) atoms. The minimum atomic E-state index is 0.0562. The Labute approximate surface area is 120 Å². The fourth-order valence-electron chi connectivity index (χ4n) is 2.55. The van der Waals surface area contributed by atoms with Crippen molar-refractivity contribution in [1.29, 1.82) is 0 Å². The highest BCUT2D eigenvalue weighted by atomic mass is 16.1. The molecule has 2 heterocycles. The first kappa shape index (κ1) is 14.8. The van der Waals surface area contributed by atoms with Crippen molar-refractivity contribution in [2.24, 2.45) is 0 Å². The number of carbonyl (C=O) groups excluding carboxylic acids is 1. The topological polar surface area (TPSA) is 57.3 Å². The Morgan fingerprint density at radius 3 is 3.15 bits per heavy atom. The van der Waals surface area contributed by atoms with E-state index in [2.05, 4.69) is 33.5 Å². The molecule has 0 spiro atoms. The lowest BCUT2D eigenvalue weighted by Crippen LogP contribution is -2.35. The van der Waals surface area contributed by atoms with Gasteiger partial charge in [-0.15, -0.1) is 0 Å². The minimum absolute atomic E-state index is 0.0562. The SMILES string of the molecule is CCCNc1ccnc(CN2CCC(NC(C)=O)C2)c1. The Balaban J connectivity index is 1.86. The number of anilines is 1. The molecule has 5 heteroatoms. The zero-order valence-corrected chi connectivity index (χ0v) is 12.4. The summed E-state index contributed by atoms with van der Waals surface area (Å²) < 4.78 is 0. The molecule has 1 aromatic heterocycles. The Kier molecular flexibility index (Phi) is 5.35. The molecule has 110 valence electrons. The molecular weight excluding hydrogens is 252 g/mol. The lowest BCUT2D eigenvalue weighted by Gasteiger charge is -2.16. The molecular formula is C15H24N4O. The molecule has 2 N–H and O–H groups in total. The van der Waals surface area contributed by atoms with Gasteiger partial charge in [-0.25, -0.2) is 0 Å². The van der Waals surface area contributed by atoms with Gasteiger partial charge in [0, 0.05) is 51.0 Å². The second-order valence-corrected chi connectivity index (χ2v) is 5.38. The molecule has 0 aromatic carbocycles. The molecule has 0 bridgehead atoms. The molecule has 1 aromatic rings. The van der Waals surface area contributed by atoms with Gasteiger partial charge in [-0.3, -0.25) is 14.7 Å². The van der Waals surface area contributed by atoms with Crippen molar-refractivity contribution >= 4 is 11.6 Å². The fraction of sp³-hybridized carbons (Fsp3) is 0.600. The first-order valence-corrected chi connectivity index (χ1v) is 7.35. The smallest absolute Gasteiger partial charge is 0.217 e. The third-order valence-corrected chi connectivity index (χ3v) is 3.46. The second-order valence-electron chi connectivity index (χ2n) is 5.38. The van der Waals surface area contributed by atoms with Gasteiger partial charge in [0.1, 0.15) is 0 Å². The highest BCUT2D eigenvalue weighted by molar-refractivity contribution is 5.73. The average molecular weight is 276 g/mol. The Morgan fingerprint density at radius 2 is 2.40 bits per heavy atom. The molecule has 1 saturated heterocycles. The van der Waals surface area contributed by atoms with Crippen LogP contribution in [0.2, 0.25) is 0 Å². The quantitative estimate of drug-likeness (QED) is 0.829. The van der Waals surface area contributed by atoms with Gasteiger partial charge in [-0.05, 0) is 25.0 Å². The van der Waals surface area contributed by atoms with Crippen LogP contribution in [0.4, 0.5) is 5.69 Å². The maximum atomic E-state index is 11.1. The van der Waals surface area contributed by atoms with Crippen LogP contribution in [0.15, 0.2) is 18.3 Å². The molecule has 2 rings (SSSR count). The summed E-state index contributed by atoms with van der Waals surface area (Å²) in [5, 5.41) is 6.36. The van der Waals surface area contributed by atoms with Crippen LogP contribution in [0.1, 0.15) is 32.4 Å². The molecule has 1 aliphatic rings. The van der Waals surface area contributed by atoms with Crippen molar-refractivity contribution in [2.75, 3.05) is 25.0 Å². The van der Waals surface area contributed by atoms with Crippen LogP contribution in [0.3, 0.4) is 0 Å². The Bertz CT molecular complexity index is 449. The highest BCUT2D eigenvalue weighted by Gasteiger charge is 2.23. The summed E-state index contributed by atoms with van der Waals surface area (Å²) in [5.41, 5.74) is 2.21. The predicted molar refractivity (Wildman–Crippen MR) is 80.5 cm³/mol. The second kappa shape index (κ2) is 7.24. The van der Waals surface area contributed by atoms with Crippen LogP contribution < -0.4 is 10.6 Å². The molecule has 1 amide bonds. The molecule has 1 aliphatic heterocycles. The van der Waals surface area contributed by atoms with E-state index in [1.807, 2.05) is 12.3 Å². The number of carbonyl (C=O) groups is 1. The molecule has 0 saturated carbocycles. The third-order valence-electron chi connectivity index (χ3n) is 3.46. The molecule has 5 nitrogen and oxygen atoms in total. The van der Waals surface area contributed by atoms with Crippen molar-refractivity contribution < 1.29 is 4.79 Å². The maximum Gasteiger partial charge on any atom is 0.217 e.